The third kappa shape index (κ3) is 1.59. The number of imide groups is 1. The van der Waals surface area contributed by atoms with Gasteiger partial charge in [0.05, 0.1) is 10.8 Å². The van der Waals surface area contributed by atoms with E-state index in [-0.39, 0.29) is 5.70 Å². The second kappa shape index (κ2) is 4.37. The summed E-state index contributed by atoms with van der Waals surface area (Å²) in [5.41, 5.74) is -0.630. The Hall–Kier alpha value is -2.76. The standard InChI is InChI=1S/C15H12N2O4/c1-9-5-2-3-6-10(9)15-11(13(18)16-14(15)19)7-4-8-12(15)17(20)21/h2-8,11H,1H3,(H,16,18,19). The number of fused-ring (bicyclic) bond motifs is 1. The zero-order chi connectivity index (χ0) is 15.2. The smallest absolute Gasteiger partial charge is 0.267 e. The largest absolute Gasteiger partial charge is 0.295 e. The van der Waals surface area contributed by atoms with E-state index in [2.05, 4.69) is 5.32 Å². The number of allylic oxidation sites excluding steroid dienone is 2. The molecule has 2 atom stereocenters. The van der Waals surface area contributed by atoms with Gasteiger partial charge in [0.15, 0.2) is 5.41 Å². The van der Waals surface area contributed by atoms with Crippen LogP contribution in [0.5, 0.6) is 0 Å². The van der Waals surface area contributed by atoms with E-state index < -0.39 is 28.1 Å². The van der Waals surface area contributed by atoms with Crippen LogP contribution in [-0.2, 0) is 15.0 Å². The lowest BCUT2D eigenvalue weighted by Crippen LogP contribution is -2.45. The van der Waals surface area contributed by atoms with Crippen molar-refractivity contribution in [2.24, 2.45) is 5.92 Å². The molecule has 1 aromatic carbocycles. The maximum absolute atomic E-state index is 12.5. The molecule has 1 saturated heterocycles. The fourth-order valence-corrected chi connectivity index (χ4v) is 3.17. The maximum atomic E-state index is 12.5. The molecule has 0 aromatic heterocycles. The van der Waals surface area contributed by atoms with Gasteiger partial charge in [-0.05, 0) is 18.1 Å². The summed E-state index contributed by atoms with van der Waals surface area (Å²) in [6, 6.07) is 6.93. The van der Waals surface area contributed by atoms with Crippen molar-refractivity contribution in [2.45, 2.75) is 12.3 Å². The Balaban J connectivity index is 2.36. The number of amides is 2. The highest BCUT2D eigenvalue weighted by atomic mass is 16.6. The molecule has 6 nitrogen and oxygen atoms in total. The molecule has 1 heterocycles. The molecule has 6 heteroatoms. The highest BCUT2D eigenvalue weighted by Crippen LogP contribution is 2.47. The number of nitrogens with one attached hydrogen (secondary N) is 1. The Bertz CT molecular complexity index is 735. The van der Waals surface area contributed by atoms with Crippen molar-refractivity contribution in [1.82, 2.24) is 5.32 Å². The SMILES string of the molecule is Cc1ccccc1C12C(=O)NC(=O)C1C=CC=C2[N+](=O)[O-]. The summed E-state index contributed by atoms with van der Waals surface area (Å²) in [5, 5.41) is 13.7. The van der Waals surface area contributed by atoms with Crippen molar-refractivity contribution < 1.29 is 14.5 Å². The van der Waals surface area contributed by atoms with Crippen molar-refractivity contribution in [3.8, 4) is 0 Å². The Kier molecular flexibility index (Phi) is 2.76. The second-order valence-corrected chi connectivity index (χ2v) is 5.11. The molecular formula is C15H12N2O4. The summed E-state index contributed by atoms with van der Waals surface area (Å²) in [5.74, 6) is -2.04. The first-order valence-corrected chi connectivity index (χ1v) is 6.44. The quantitative estimate of drug-likeness (QED) is 0.502. The van der Waals surface area contributed by atoms with Gasteiger partial charge >= 0.3 is 0 Å². The van der Waals surface area contributed by atoms with Crippen molar-refractivity contribution >= 4 is 11.8 Å². The van der Waals surface area contributed by atoms with Crippen LogP contribution in [0, 0.1) is 23.0 Å². The summed E-state index contributed by atoms with van der Waals surface area (Å²) >= 11 is 0. The first-order valence-electron chi connectivity index (χ1n) is 6.44. The van der Waals surface area contributed by atoms with E-state index >= 15 is 0 Å². The van der Waals surface area contributed by atoms with Crippen LogP contribution in [0.1, 0.15) is 11.1 Å². The van der Waals surface area contributed by atoms with E-state index in [0.29, 0.717) is 5.56 Å². The topological polar surface area (TPSA) is 89.3 Å². The van der Waals surface area contributed by atoms with Crippen LogP contribution in [0.2, 0.25) is 0 Å². The highest BCUT2D eigenvalue weighted by molar-refractivity contribution is 6.13. The summed E-state index contributed by atoms with van der Waals surface area (Å²) in [4.78, 5) is 35.4. The fourth-order valence-electron chi connectivity index (χ4n) is 3.17. The van der Waals surface area contributed by atoms with Crippen LogP contribution in [0.25, 0.3) is 0 Å². The van der Waals surface area contributed by atoms with Crippen molar-refractivity contribution in [3.63, 3.8) is 0 Å². The fraction of sp³-hybridized carbons (Fsp3) is 0.200. The predicted octanol–water partition coefficient (Wildman–Crippen LogP) is 1.24. The van der Waals surface area contributed by atoms with Gasteiger partial charge in [-0.15, -0.1) is 0 Å². The lowest BCUT2D eigenvalue weighted by molar-refractivity contribution is -0.434. The minimum atomic E-state index is -1.58. The predicted molar refractivity (Wildman–Crippen MR) is 73.7 cm³/mol. The monoisotopic (exact) mass is 284 g/mol. The molecule has 1 aliphatic carbocycles. The van der Waals surface area contributed by atoms with Gasteiger partial charge < -0.3 is 0 Å². The van der Waals surface area contributed by atoms with Gasteiger partial charge in [-0.2, -0.15) is 0 Å². The number of nitrogens with zero attached hydrogens (tertiary/aromatic N) is 1. The van der Waals surface area contributed by atoms with Gasteiger partial charge in [0.1, 0.15) is 0 Å². The van der Waals surface area contributed by atoms with Gasteiger partial charge in [0.25, 0.3) is 5.70 Å². The number of carbonyl (C=O) groups excluding carboxylic acids is 2. The molecule has 21 heavy (non-hydrogen) atoms. The molecule has 2 unspecified atom stereocenters. The molecule has 2 amide bonds. The lowest BCUT2D eigenvalue weighted by atomic mass is 9.66. The number of hydrogen-bond acceptors (Lipinski definition) is 4. The van der Waals surface area contributed by atoms with Gasteiger partial charge in [0, 0.05) is 6.08 Å². The first kappa shape index (κ1) is 13.2. The van der Waals surface area contributed by atoms with Gasteiger partial charge in [-0.3, -0.25) is 25.0 Å². The number of benzene rings is 1. The third-order valence-corrected chi connectivity index (χ3v) is 4.07. The average molecular weight is 284 g/mol. The summed E-state index contributed by atoms with van der Waals surface area (Å²) in [6.07, 6.45) is 4.29. The van der Waals surface area contributed by atoms with Gasteiger partial charge in [-0.1, -0.05) is 36.4 Å². The molecule has 0 saturated carbocycles. The number of carbonyl (C=O) groups is 2. The van der Waals surface area contributed by atoms with E-state index in [1.807, 2.05) is 0 Å². The molecule has 0 radical (unpaired) electrons. The number of rotatable bonds is 2. The molecule has 106 valence electrons. The van der Waals surface area contributed by atoms with E-state index in [4.69, 9.17) is 0 Å². The first-order chi connectivity index (χ1) is 9.99. The van der Waals surface area contributed by atoms with Crippen LogP contribution in [0.3, 0.4) is 0 Å². The molecule has 1 aliphatic heterocycles. The molecule has 1 N–H and O–H groups in total. The minimum Gasteiger partial charge on any atom is -0.295 e. The summed E-state index contributed by atoms with van der Waals surface area (Å²) in [6.45, 7) is 1.77. The van der Waals surface area contributed by atoms with Crippen LogP contribution in [-0.4, -0.2) is 16.7 Å². The van der Waals surface area contributed by atoms with Crippen LogP contribution in [0.15, 0.2) is 48.2 Å². The Labute approximate surface area is 120 Å². The van der Waals surface area contributed by atoms with E-state index in [1.54, 1.807) is 37.3 Å². The van der Waals surface area contributed by atoms with E-state index in [1.165, 1.54) is 12.2 Å². The van der Waals surface area contributed by atoms with Crippen molar-refractivity contribution in [1.29, 1.82) is 0 Å². The van der Waals surface area contributed by atoms with Crippen LogP contribution in [0.4, 0.5) is 0 Å². The van der Waals surface area contributed by atoms with E-state index in [9.17, 15) is 19.7 Å². The maximum Gasteiger partial charge on any atom is 0.267 e. The molecule has 3 rings (SSSR count). The Morgan fingerprint density at radius 2 is 2.00 bits per heavy atom. The molecule has 1 aromatic rings. The Morgan fingerprint density at radius 3 is 2.67 bits per heavy atom. The van der Waals surface area contributed by atoms with E-state index in [0.717, 1.165) is 5.56 Å². The molecule has 0 spiro atoms. The lowest BCUT2D eigenvalue weighted by Gasteiger charge is -2.30. The van der Waals surface area contributed by atoms with Gasteiger partial charge in [0.2, 0.25) is 11.8 Å². The second-order valence-electron chi connectivity index (χ2n) is 5.11. The van der Waals surface area contributed by atoms with Gasteiger partial charge in [-0.25, -0.2) is 0 Å². The molecule has 1 fully saturated rings. The normalized spacial score (nSPS) is 27.1. The number of aryl methyl sites for hydroxylation is 1. The zero-order valence-electron chi connectivity index (χ0n) is 11.2. The zero-order valence-corrected chi connectivity index (χ0v) is 11.2. The number of nitro groups is 1. The summed E-state index contributed by atoms with van der Waals surface area (Å²) < 4.78 is 0. The average Bonchev–Trinajstić information content (AvgIpc) is 2.71. The van der Waals surface area contributed by atoms with Crippen LogP contribution >= 0.6 is 0 Å². The molecule has 0 bridgehead atoms. The molecular weight excluding hydrogens is 272 g/mol. The van der Waals surface area contributed by atoms with Crippen LogP contribution < -0.4 is 5.32 Å². The van der Waals surface area contributed by atoms with Crippen molar-refractivity contribution in [2.75, 3.05) is 0 Å². The Morgan fingerprint density at radius 1 is 1.29 bits per heavy atom. The minimum absolute atomic E-state index is 0.271. The summed E-state index contributed by atoms with van der Waals surface area (Å²) in [7, 11) is 0. The third-order valence-electron chi connectivity index (χ3n) is 4.07. The highest BCUT2D eigenvalue weighted by Gasteiger charge is 2.64. The number of hydrogen-bond donors (Lipinski definition) is 1. The van der Waals surface area contributed by atoms with Crippen molar-refractivity contribution in [3.05, 3.63) is 69.4 Å². The molecule has 2 aliphatic rings.